The minimum atomic E-state index is -1.36. The minimum Gasteiger partial charge on any atom is -0.394 e. The van der Waals surface area contributed by atoms with Crippen molar-refractivity contribution in [2.45, 2.75) is 89.4 Å². The van der Waals surface area contributed by atoms with Crippen LogP contribution in [0.2, 0.25) is 0 Å². The first-order valence-corrected chi connectivity index (χ1v) is 8.86. The molecular weight excluding hydrogens is 284 g/mol. The Morgan fingerprint density at radius 3 is 1.73 bits per heavy atom. The molecule has 0 radical (unpaired) electrons. The minimum absolute atomic E-state index is 0.0182. The van der Waals surface area contributed by atoms with Crippen LogP contribution in [0.5, 0.6) is 0 Å². The third-order valence-electron chi connectivity index (χ3n) is 3.91. The fraction of sp³-hybridized carbons (Fsp3) is 1.00. The second-order valence-corrected chi connectivity index (χ2v) is 6.06. The number of aliphatic hydroxyl groups is 4. The number of hydrogen-bond acceptors (Lipinski definition) is 5. The zero-order chi connectivity index (χ0) is 16.6. The summed E-state index contributed by atoms with van der Waals surface area (Å²) in [4.78, 5) is 0. The maximum atomic E-state index is 9.53. The second kappa shape index (κ2) is 15.7. The van der Waals surface area contributed by atoms with Gasteiger partial charge in [-0.05, 0) is 6.42 Å². The number of ether oxygens (including phenoxy) is 1. The van der Waals surface area contributed by atoms with Crippen molar-refractivity contribution in [2.24, 2.45) is 0 Å². The molecule has 3 atom stereocenters. The predicted molar refractivity (Wildman–Crippen MR) is 87.8 cm³/mol. The highest BCUT2D eigenvalue weighted by atomic mass is 16.5. The molecule has 0 unspecified atom stereocenters. The molecule has 0 saturated heterocycles. The summed E-state index contributed by atoms with van der Waals surface area (Å²) in [7, 11) is 0. The third-order valence-corrected chi connectivity index (χ3v) is 3.91. The number of aliphatic hydroxyl groups excluding tert-OH is 4. The maximum Gasteiger partial charge on any atom is 0.110 e. The lowest BCUT2D eigenvalue weighted by Gasteiger charge is -2.21. The van der Waals surface area contributed by atoms with E-state index < -0.39 is 24.9 Å². The Balaban J connectivity index is 3.26. The van der Waals surface area contributed by atoms with E-state index in [1.54, 1.807) is 0 Å². The van der Waals surface area contributed by atoms with Gasteiger partial charge in [0.1, 0.15) is 18.3 Å². The molecule has 0 aliphatic rings. The molecule has 0 fully saturated rings. The molecule has 134 valence electrons. The van der Waals surface area contributed by atoms with Gasteiger partial charge in [-0.3, -0.25) is 0 Å². The predicted octanol–water partition coefficient (Wildman–Crippen LogP) is 2.00. The molecule has 5 heteroatoms. The highest BCUT2D eigenvalue weighted by molar-refractivity contribution is 4.74. The maximum absolute atomic E-state index is 9.53. The van der Waals surface area contributed by atoms with Crippen LogP contribution < -0.4 is 0 Å². The van der Waals surface area contributed by atoms with E-state index in [0.717, 1.165) is 12.8 Å². The number of hydrogen-bond donors (Lipinski definition) is 4. The molecular formula is C17H36O5. The van der Waals surface area contributed by atoms with Gasteiger partial charge in [0, 0.05) is 6.61 Å². The number of unbranched alkanes of at least 4 members (excludes halogenated alkanes) is 9. The molecule has 0 spiro atoms. The Kier molecular flexibility index (Phi) is 15.5. The van der Waals surface area contributed by atoms with Crippen molar-refractivity contribution in [3.63, 3.8) is 0 Å². The average molecular weight is 320 g/mol. The van der Waals surface area contributed by atoms with Crippen molar-refractivity contribution in [3.05, 3.63) is 0 Å². The highest BCUT2D eigenvalue weighted by Crippen LogP contribution is 2.10. The quantitative estimate of drug-likeness (QED) is 0.327. The molecule has 0 saturated carbocycles. The van der Waals surface area contributed by atoms with E-state index in [-0.39, 0.29) is 6.61 Å². The third kappa shape index (κ3) is 12.4. The van der Waals surface area contributed by atoms with E-state index in [0.29, 0.717) is 6.61 Å². The van der Waals surface area contributed by atoms with E-state index in [9.17, 15) is 15.3 Å². The molecule has 0 rings (SSSR count). The molecule has 0 amide bonds. The summed E-state index contributed by atoms with van der Waals surface area (Å²) < 4.78 is 5.28. The molecule has 0 bridgehead atoms. The molecule has 0 aliphatic heterocycles. The van der Waals surface area contributed by atoms with E-state index >= 15 is 0 Å². The fourth-order valence-corrected chi connectivity index (χ4v) is 2.36. The molecule has 0 aromatic heterocycles. The lowest BCUT2D eigenvalue weighted by molar-refractivity contribution is -0.0997. The van der Waals surface area contributed by atoms with Crippen LogP contribution in [0, 0.1) is 0 Å². The lowest BCUT2D eigenvalue weighted by atomic mass is 10.1. The average Bonchev–Trinajstić information content (AvgIpc) is 2.54. The molecule has 0 heterocycles. The smallest absolute Gasteiger partial charge is 0.110 e. The van der Waals surface area contributed by atoms with Gasteiger partial charge in [0.2, 0.25) is 0 Å². The van der Waals surface area contributed by atoms with Crippen LogP contribution in [0.15, 0.2) is 0 Å². The van der Waals surface area contributed by atoms with Crippen molar-refractivity contribution in [3.8, 4) is 0 Å². The first-order chi connectivity index (χ1) is 10.6. The normalized spacial score (nSPS) is 15.7. The van der Waals surface area contributed by atoms with Crippen LogP contribution in [0.4, 0.5) is 0 Å². The van der Waals surface area contributed by atoms with Gasteiger partial charge >= 0.3 is 0 Å². The van der Waals surface area contributed by atoms with Crippen molar-refractivity contribution >= 4 is 0 Å². The summed E-state index contributed by atoms with van der Waals surface area (Å²) in [5.41, 5.74) is 0. The van der Waals surface area contributed by atoms with Crippen molar-refractivity contribution in [1.82, 2.24) is 0 Å². The van der Waals surface area contributed by atoms with Gasteiger partial charge in [-0.15, -0.1) is 0 Å². The van der Waals surface area contributed by atoms with Crippen molar-refractivity contribution in [2.75, 3.05) is 19.8 Å². The van der Waals surface area contributed by atoms with Crippen molar-refractivity contribution < 1.29 is 25.2 Å². The Labute approximate surface area is 135 Å². The zero-order valence-corrected chi connectivity index (χ0v) is 14.1. The first kappa shape index (κ1) is 21.8. The summed E-state index contributed by atoms with van der Waals surface area (Å²) in [6.07, 6.45) is 8.73. The summed E-state index contributed by atoms with van der Waals surface area (Å²) in [6.45, 7) is 2.19. The van der Waals surface area contributed by atoms with Gasteiger partial charge < -0.3 is 25.2 Å². The van der Waals surface area contributed by atoms with Crippen LogP contribution >= 0.6 is 0 Å². The van der Waals surface area contributed by atoms with E-state index in [1.807, 2.05) is 0 Å². The Hall–Kier alpha value is -0.200. The van der Waals surface area contributed by atoms with Crippen LogP contribution in [-0.4, -0.2) is 58.6 Å². The van der Waals surface area contributed by atoms with E-state index in [1.165, 1.54) is 51.4 Å². The highest BCUT2D eigenvalue weighted by Gasteiger charge is 2.23. The molecule has 4 N–H and O–H groups in total. The Morgan fingerprint density at radius 1 is 0.727 bits per heavy atom. The van der Waals surface area contributed by atoms with Gasteiger partial charge in [-0.1, -0.05) is 64.7 Å². The van der Waals surface area contributed by atoms with E-state index in [4.69, 9.17) is 9.84 Å². The number of rotatable bonds is 16. The molecule has 0 aromatic carbocycles. The summed E-state index contributed by atoms with van der Waals surface area (Å²) >= 11 is 0. The molecule has 0 aliphatic carbocycles. The van der Waals surface area contributed by atoms with Crippen LogP contribution in [-0.2, 0) is 4.74 Å². The second-order valence-electron chi connectivity index (χ2n) is 6.06. The SMILES string of the molecule is CCCCCCCCCCCCOC[C@@H](O)[C@H](O)[C@@H](O)CO. The Morgan fingerprint density at radius 2 is 1.23 bits per heavy atom. The van der Waals surface area contributed by atoms with Gasteiger partial charge in [0.15, 0.2) is 0 Å². The standard InChI is InChI=1S/C17H36O5/c1-2-3-4-5-6-7-8-9-10-11-12-22-14-16(20)17(21)15(19)13-18/h15-21H,2-14H2,1H3/t15-,16+,17+/m0/s1. The van der Waals surface area contributed by atoms with Crippen molar-refractivity contribution in [1.29, 1.82) is 0 Å². The van der Waals surface area contributed by atoms with Crippen LogP contribution in [0.1, 0.15) is 71.1 Å². The molecule has 5 nitrogen and oxygen atoms in total. The topological polar surface area (TPSA) is 90.2 Å². The van der Waals surface area contributed by atoms with Crippen LogP contribution in [0.25, 0.3) is 0 Å². The first-order valence-electron chi connectivity index (χ1n) is 8.86. The monoisotopic (exact) mass is 320 g/mol. The van der Waals surface area contributed by atoms with Gasteiger partial charge in [-0.25, -0.2) is 0 Å². The summed E-state index contributed by atoms with van der Waals surface area (Å²) in [5.74, 6) is 0. The lowest BCUT2D eigenvalue weighted by Crippen LogP contribution is -2.41. The van der Waals surface area contributed by atoms with Gasteiger partial charge in [-0.2, -0.15) is 0 Å². The molecule has 22 heavy (non-hydrogen) atoms. The molecule has 0 aromatic rings. The summed E-state index contributed by atoms with van der Waals surface area (Å²) in [6, 6.07) is 0. The summed E-state index contributed by atoms with van der Waals surface area (Å²) in [5, 5.41) is 36.8. The van der Waals surface area contributed by atoms with Crippen LogP contribution in [0.3, 0.4) is 0 Å². The Bertz CT molecular complexity index is 225. The van der Waals surface area contributed by atoms with Gasteiger partial charge in [0.25, 0.3) is 0 Å². The van der Waals surface area contributed by atoms with Gasteiger partial charge in [0.05, 0.1) is 13.2 Å². The zero-order valence-electron chi connectivity index (χ0n) is 14.1. The fourth-order valence-electron chi connectivity index (χ4n) is 2.36. The van der Waals surface area contributed by atoms with E-state index in [2.05, 4.69) is 6.92 Å². The largest absolute Gasteiger partial charge is 0.394 e.